The number of rotatable bonds is 7. The lowest BCUT2D eigenvalue weighted by atomic mass is 10.2. The maximum absolute atomic E-state index is 11.6. The predicted molar refractivity (Wildman–Crippen MR) is 84.2 cm³/mol. The Kier molecular flexibility index (Phi) is 5.96. The normalized spacial score (nSPS) is 10.2. The number of thioether (sulfide) groups is 1. The van der Waals surface area contributed by atoms with Crippen LogP contribution in [-0.2, 0) is 9.59 Å². The number of H-pyrrole nitrogens is 1. The molecule has 1 aromatic heterocycles. The van der Waals surface area contributed by atoms with E-state index in [2.05, 4.69) is 25.8 Å². The van der Waals surface area contributed by atoms with Gasteiger partial charge in [0.15, 0.2) is 5.82 Å². The maximum Gasteiger partial charge on any atom is 0.239 e. The third-order valence-electron chi connectivity index (χ3n) is 2.66. The van der Waals surface area contributed by atoms with Gasteiger partial charge in [-0.3, -0.25) is 14.7 Å². The van der Waals surface area contributed by atoms with Crippen LogP contribution >= 0.6 is 11.8 Å². The Morgan fingerprint density at radius 3 is 2.68 bits per heavy atom. The molecule has 2 rings (SSSR count). The number of nitrogens with one attached hydrogen (secondary N) is 3. The summed E-state index contributed by atoms with van der Waals surface area (Å²) in [6.45, 7) is 2.35. The molecule has 0 unspecified atom stereocenters. The number of likely N-dealkylation sites (N-methyl/N-ethyl adjacent to an activating group) is 1. The third kappa shape index (κ3) is 4.88. The van der Waals surface area contributed by atoms with Gasteiger partial charge in [-0.25, -0.2) is 4.98 Å². The highest BCUT2D eigenvalue weighted by Gasteiger charge is 2.09. The van der Waals surface area contributed by atoms with Gasteiger partial charge in [-0.05, 0) is 6.92 Å². The fourth-order valence-corrected chi connectivity index (χ4v) is 2.28. The van der Waals surface area contributed by atoms with Gasteiger partial charge in [-0.15, -0.1) is 5.10 Å². The molecule has 2 aromatic rings. The lowest BCUT2D eigenvalue weighted by molar-refractivity contribution is -0.124. The molecule has 0 bridgehead atoms. The summed E-state index contributed by atoms with van der Waals surface area (Å²) in [5, 5.41) is 12.5. The van der Waals surface area contributed by atoms with E-state index in [4.69, 9.17) is 0 Å². The van der Waals surface area contributed by atoms with E-state index in [-0.39, 0.29) is 24.1 Å². The summed E-state index contributed by atoms with van der Waals surface area (Å²) in [5.41, 5.74) is 0.933. The number of carbonyl (C=O) groups is 2. The minimum atomic E-state index is -0.234. The molecule has 0 saturated heterocycles. The second-order valence-electron chi connectivity index (χ2n) is 4.35. The fraction of sp³-hybridized carbons (Fsp3) is 0.286. The third-order valence-corrected chi connectivity index (χ3v) is 3.51. The summed E-state index contributed by atoms with van der Waals surface area (Å²) in [5.74, 6) is 0.379. The van der Waals surface area contributed by atoms with Crippen LogP contribution in [0.15, 0.2) is 35.5 Å². The molecule has 0 atom stereocenters. The van der Waals surface area contributed by atoms with Crippen LogP contribution in [0.4, 0.5) is 0 Å². The van der Waals surface area contributed by atoms with Crippen LogP contribution in [0.5, 0.6) is 0 Å². The van der Waals surface area contributed by atoms with Crippen molar-refractivity contribution in [2.75, 3.05) is 18.8 Å². The highest BCUT2D eigenvalue weighted by atomic mass is 32.2. The first-order chi connectivity index (χ1) is 10.7. The Bertz CT molecular complexity index is 629. The van der Waals surface area contributed by atoms with Gasteiger partial charge in [-0.2, -0.15) is 0 Å². The van der Waals surface area contributed by atoms with Gasteiger partial charge in [0.25, 0.3) is 0 Å². The molecule has 0 saturated carbocycles. The largest absolute Gasteiger partial charge is 0.355 e. The zero-order chi connectivity index (χ0) is 15.8. The Morgan fingerprint density at radius 2 is 1.95 bits per heavy atom. The number of benzene rings is 1. The van der Waals surface area contributed by atoms with E-state index < -0.39 is 0 Å². The van der Waals surface area contributed by atoms with Crippen LogP contribution in [0.1, 0.15) is 6.92 Å². The summed E-state index contributed by atoms with van der Waals surface area (Å²) in [4.78, 5) is 27.2. The molecule has 0 spiro atoms. The van der Waals surface area contributed by atoms with E-state index in [1.54, 1.807) is 0 Å². The molecule has 0 fully saturated rings. The Balaban J connectivity index is 1.79. The second-order valence-corrected chi connectivity index (χ2v) is 5.29. The van der Waals surface area contributed by atoms with Crippen LogP contribution in [0, 0.1) is 0 Å². The Morgan fingerprint density at radius 1 is 1.18 bits per heavy atom. The minimum absolute atomic E-state index is 0.0174. The van der Waals surface area contributed by atoms with Gasteiger partial charge >= 0.3 is 0 Å². The molecule has 116 valence electrons. The smallest absolute Gasteiger partial charge is 0.239 e. The first kappa shape index (κ1) is 16.0. The first-order valence-electron chi connectivity index (χ1n) is 6.83. The molecule has 7 nitrogen and oxygen atoms in total. The van der Waals surface area contributed by atoms with Crippen molar-refractivity contribution in [3.63, 3.8) is 0 Å². The first-order valence-corrected chi connectivity index (χ1v) is 7.81. The minimum Gasteiger partial charge on any atom is -0.355 e. The van der Waals surface area contributed by atoms with Gasteiger partial charge in [0.05, 0.1) is 12.3 Å². The van der Waals surface area contributed by atoms with Crippen LogP contribution in [0.3, 0.4) is 0 Å². The molecule has 0 aliphatic rings. The molecule has 0 aliphatic carbocycles. The number of amides is 2. The van der Waals surface area contributed by atoms with Crippen molar-refractivity contribution in [3.8, 4) is 11.4 Å². The average molecular weight is 319 g/mol. The number of nitrogens with zero attached hydrogens (tertiary/aromatic N) is 2. The van der Waals surface area contributed by atoms with E-state index >= 15 is 0 Å². The van der Waals surface area contributed by atoms with Crippen molar-refractivity contribution >= 4 is 23.6 Å². The highest BCUT2D eigenvalue weighted by Crippen LogP contribution is 2.18. The predicted octanol–water partition coefficient (Wildman–Crippen LogP) is 0.816. The molecular formula is C14H17N5O2S. The van der Waals surface area contributed by atoms with E-state index in [0.717, 1.165) is 5.56 Å². The van der Waals surface area contributed by atoms with E-state index in [9.17, 15) is 9.59 Å². The summed E-state index contributed by atoms with van der Waals surface area (Å²) < 4.78 is 0. The van der Waals surface area contributed by atoms with Crippen molar-refractivity contribution in [2.45, 2.75) is 12.1 Å². The Hall–Kier alpha value is -2.35. The molecule has 0 radical (unpaired) electrons. The number of hydrogen-bond acceptors (Lipinski definition) is 5. The van der Waals surface area contributed by atoms with Crippen molar-refractivity contribution in [2.24, 2.45) is 0 Å². The number of aromatic nitrogens is 3. The summed E-state index contributed by atoms with van der Waals surface area (Å²) in [6.07, 6.45) is 0. The molecular weight excluding hydrogens is 302 g/mol. The zero-order valence-corrected chi connectivity index (χ0v) is 12.9. The van der Waals surface area contributed by atoms with Crippen LogP contribution in [0.2, 0.25) is 0 Å². The van der Waals surface area contributed by atoms with E-state index in [1.807, 2.05) is 37.3 Å². The topological polar surface area (TPSA) is 99.8 Å². The number of carbonyl (C=O) groups excluding carboxylic acids is 2. The molecule has 3 N–H and O–H groups in total. The number of aromatic amines is 1. The zero-order valence-electron chi connectivity index (χ0n) is 12.1. The summed E-state index contributed by atoms with van der Waals surface area (Å²) in [7, 11) is 0. The highest BCUT2D eigenvalue weighted by molar-refractivity contribution is 7.99. The SMILES string of the molecule is CCNC(=O)CNC(=O)CSc1n[nH]c(-c2ccccc2)n1. The molecule has 0 aliphatic heterocycles. The molecule has 2 amide bonds. The summed E-state index contributed by atoms with van der Waals surface area (Å²) in [6, 6.07) is 9.61. The summed E-state index contributed by atoms with van der Waals surface area (Å²) >= 11 is 1.21. The van der Waals surface area contributed by atoms with Crippen molar-refractivity contribution in [1.29, 1.82) is 0 Å². The van der Waals surface area contributed by atoms with Gasteiger partial charge in [0.1, 0.15) is 0 Å². The molecule has 22 heavy (non-hydrogen) atoms. The number of hydrogen-bond donors (Lipinski definition) is 3. The van der Waals surface area contributed by atoms with Crippen molar-refractivity contribution in [1.82, 2.24) is 25.8 Å². The van der Waals surface area contributed by atoms with Crippen LogP contribution < -0.4 is 10.6 Å². The second kappa shape index (κ2) is 8.18. The van der Waals surface area contributed by atoms with E-state index in [0.29, 0.717) is 17.5 Å². The van der Waals surface area contributed by atoms with Crippen LogP contribution in [-0.4, -0.2) is 45.8 Å². The Labute approximate surface area is 132 Å². The lowest BCUT2D eigenvalue weighted by Gasteiger charge is -2.03. The van der Waals surface area contributed by atoms with Gasteiger partial charge in [0.2, 0.25) is 17.0 Å². The van der Waals surface area contributed by atoms with Gasteiger partial charge in [0, 0.05) is 12.1 Å². The van der Waals surface area contributed by atoms with Gasteiger partial charge in [-0.1, -0.05) is 42.1 Å². The lowest BCUT2D eigenvalue weighted by Crippen LogP contribution is -2.37. The van der Waals surface area contributed by atoms with Crippen molar-refractivity contribution < 1.29 is 9.59 Å². The molecule has 8 heteroatoms. The molecule has 1 heterocycles. The van der Waals surface area contributed by atoms with Crippen molar-refractivity contribution in [3.05, 3.63) is 30.3 Å². The standard InChI is InChI=1S/C14H17N5O2S/c1-2-15-11(20)8-16-12(21)9-22-14-17-13(18-19-14)10-6-4-3-5-7-10/h3-7H,2,8-9H2,1H3,(H,15,20)(H,16,21)(H,17,18,19). The monoisotopic (exact) mass is 319 g/mol. The quantitative estimate of drug-likeness (QED) is 0.656. The average Bonchev–Trinajstić information content (AvgIpc) is 3.01. The van der Waals surface area contributed by atoms with E-state index in [1.165, 1.54) is 11.8 Å². The van der Waals surface area contributed by atoms with Gasteiger partial charge < -0.3 is 10.6 Å². The van der Waals surface area contributed by atoms with Crippen LogP contribution in [0.25, 0.3) is 11.4 Å². The fourth-order valence-electron chi connectivity index (χ4n) is 1.66. The maximum atomic E-state index is 11.6. The molecule has 1 aromatic carbocycles.